The van der Waals surface area contributed by atoms with Gasteiger partial charge in [-0.25, -0.2) is 4.39 Å². The standard InChI is InChI=1S/C11H11BrFN3S/c1-14-5-4-10-15-16-11(17-10)7-2-3-9(13)8(12)6-7/h2-3,6,14H,4-5H2,1H3. The number of aromatic nitrogens is 2. The molecule has 0 saturated heterocycles. The van der Waals surface area contributed by atoms with E-state index in [1.54, 1.807) is 12.1 Å². The lowest BCUT2D eigenvalue weighted by Gasteiger charge is -1.97. The van der Waals surface area contributed by atoms with Crippen molar-refractivity contribution in [2.24, 2.45) is 0 Å². The zero-order valence-electron chi connectivity index (χ0n) is 9.20. The molecule has 2 rings (SSSR count). The van der Waals surface area contributed by atoms with Gasteiger partial charge in [0.15, 0.2) is 0 Å². The molecule has 2 aromatic rings. The summed E-state index contributed by atoms with van der Waals surface area (Å²) in [4.78, 5) is 0. The molecular weight excluding hydrogens is 305 g/mol. The van der Waals surface area contributed by atoms with Crippen LogP contribution in [-0.2, 0) is 6.42 Å². The first-order chi connectivity index (χ1) is 8.20. The Morgan fingerprint density at radius 3 is 2.94 bits per heavy atom. The van der Waals surface area contributed by atoms with Gasteiger partial charge in [-0.3, -0.25) is 0 Å². The van der Waals surface area contributed by atoms with Crippen LogP contribution in [-0.4, -0.2) is 23.8 Å². The van der Waals surface area contributed by atoms with Gasteiger partial charge in [0.2, 0.25) is 0 Å². The first-order valence-electron chi connectivity index (χ1n) is 5.13. The van der Waals surface area contributed by atoms with Crippen molar-refractivity contribution in [1.82, 2.24) is 15.5 Å². The van der Waals surface area contributed by atoms with Gasteiger partial charge in [0.25, 0.3) is 0 Å². The topological polar surface area (TPSA) is 37.8 Å². The summed E-state index contributed by atoms with van der Waals surface area (Å²) < 4.78 is 13.5. The summed E-state index contributed by atoms with van der Waals surface area (Å²) in [5, 5.41) is 13.1. The summed E-state index contributed by atoms with van der Waals surface area (Å²) >= 11 is 4.70. The average Bonchev–Trinajstić information content (AvgIpc) is 2.79. The second-order valence-corrected chi connectivity index (χ2v) is 5.40. The molecule has 0 fully saturated rings. The highest BCUT2D eigenvalue weighted by atomic mass is 79.9. The van der Waals surface area contributed by atoms with Gasteiger partial charge in [0.1, 0.15) is 15.8 Å². The lowest BCUT2D eigenvalue weighted by atomic mass is 10.2. The van der Waals surface area contributed by atoms with Crippen molar-refractivity contribution in [3.05, 3.63) is 33.5 Å². The molecule has 17 heavy (non-hydrogen) atoms. The number of hydrogen-bond acceptors (Lipinski definition) is 4. The molecule has 0 atom stereocenters. The highest BCUT2D eigenvalue weighted by molar-refractivity contribution is 9.10. The van der Waals surface area contributed by atoms with Crippen LogP contribution in [0, 0.1) is 5.82 Å². The fraction of sp³-hybridized carbons (Fsp3) is 0.273. The van der Waals surface area contributed by atoms with Crippen LogP contribution in [0.5, 0.6) is 0 Å². The van der Waals surface area contributed by atoms with Gasteiger partial charge in [0, 0.05) is 18.5 Å². The number of benzene rings is 1. The Kier molecular flexibility index (Phi) is 4.20. The van der Waals surface area contributed by atoms with Crippen LogP contribution in [0.1, 0.15) is 5.01 Å². The normalized spacial score (nSPS) is 10.8. The molecule has 1 aromatic carbocycles. The van der Waals surface area contributed by atoms with E-state index in [-0.39, 0.29) is 5.82 Å². The number of halogens is 2. The van der Waals surface area contributed by atoms with E-state index in [0.717, 1.165) is 28.5 Å². The molecule has 1 N–H and O–H groups in total. The van der Waals surface area contributed by atoms with Gasteiger partial charge in [0.05, 0.1) is 4.47 Å². The van der Waals surface area contributed by atoms with Crippen LogP contribution in [0.25, 0.3) is 10.6 Å². The van der Waals surface area contributed by atoms with E-state index in [2.05, 4.69) is 31.4 Å². The molecule has 1 heterocycles. The Bertz CT molecular complexity index is 515. The third-order valence-corrected chi connectivity index (χ3v) is 3.86. The number of rotatable bonds is 4. The molecule has 0 amide bonds. The SMILES string of the molecule is CNCCc1nnc(-c2ccc(F)c(Br)c2)s1. The molecule has 0 spiro atoms. The van der Waals surface area contributed by atoms with Crippen molar-refractivity contribution in [1.29, 1.82) is 0 Å². The highest BCUT2D eigenvalue weighted by Crippen LogP contribution is 2.27. The van der Waals surface area contributed by atoms with Crippen LogP contribution in [0.4, 0.5) is 4.39 Å². The van der Waals surface area contributed by atoms with Crippen molar-refractivity contribution >= 4 is 27.3 Å². The molecule has 0 aliphatic rings. The number of likely N-dealkylation sites (N-methyl/N-ethyl adjacent to an activating group) is 1. The number of nitrogens with zero attached hydrogens (tertiary/aromatic N) is 2. The third-order valence-electron chi connectivity index (χ3n) is 2.22. The van der Waals surface area contributed by atoms with Gasteiger partial charge in [-0.1, -0.05) is 11.3 Å². The van der Waals surface area contributed by atoms with Crippen molar-refractivity contribution in [3.63, 3.8) is 0 Å². The third kappa shape index (κ3) is 3.08. The minimum Gasteiger partial charge on any atom is -0.319 e. The van der Waals surface area contributed by atoms with Gasteiger partial charge in [-0.05, 0) is 41.2 Å². The number of hydrogen-bond donors (Lipinski definition) is 1. The summed E-state index contributed by atoms with van der Waals surface area (Å²) in [5.41, 5.74) is 0.881. The molecule has 0 unspecified atom stereocenters. The van der Waals surface area contributed by atoms with E-state index < -0.39 is 0 Å². The fourth-order valence-electron chi connectivity index (χ4n) is 1.33. The molecule has 0 bridgehead atoms. The quantitative estimate of drug-likeness (QED) is 0.942. The molecule has 3 nitrogen and oxygen atoms in total. The van der Waals surface area contributed by atoms with E-state index in [9.17, 15) is 4.39 Å². The molecule has 0 saturated carbocycles. The predicted octanol–water partition coefficient (Wildman–Crippen LogP) is 2.87. The van der Waals surface area contributed by atoms with Crippen LogP contribution < -0.4 is 5.32 Å². The molecule has 0 aliphatic heterocycles. The lowest BCUT2D eigenvalue weighted by molar-refractivity contribution is 0.621. The van der Waals surface area contributed by atoms with Crippen molar-refractivity contribution in [2.45, 2.75) is 6.42 Å². The van der Waals surface area contributed by atoms with E-state index in [1.165, 1.54) is 17.4 Å². The van der Waals surface area contributed by atoms with Crippen molar-refractivity contribution in [2.75, 3.05) is 13.6 Å². The van der Waals surface area contributed by atoms with Crippen LogP contribution in [0.15, 0.2) is 22.7 Å². The minimum absolute atomic E-state index is 0.270. The second-order valence-electron chi connectivity index (χ2n) is 3.48. The minimum atomic E-state index is -0.270. The highest BCUT2D eigenvalue weighted by Gasteiger charge is 2.08. The Morgan fingerprint density at radius 2 is 2.24 bits per heavy atom. The van der Waals surface area contributed by atoms with Gasteiger partial charge in [-0.2, -0.15) is 0 Å². The largest absolute Gasteiger partial charge is 0.319 e. The molecule has 0 aliphatic carbocycles. The first kappa shape index (κ1) is 12.6. The summed E-state index contributed by atoms with van der Waals surface area (Å²) in [6.07, 6.45) is 0.858. The van der Waals surface area contributed by atoms with Crippen LogP contribution in [0.3, 0.4) is 0 Å². The smallest absolute Gasteiger partial charge is 0.147 e. The fourth-order valence-corrected chi connectivity index (χ4v) is 2.55. The van der Waals surface area contributed by atoms with Crippen molar-refractivity contribution < 1.29 is 4.39 Å². The second kappa shape index (κ2) is 5.66. The Morgan fingerprint density at radius 1 is 1.41 bits per heavy atom. The summed E-state index contributed by atoms with van der Waals surface area (Å²) in [7, 11) is 1.90. The summed E-state index contributed by atoms with van der Waals surface area (Å²) in [6, 6.07) is 4.86. The van der Waals surface area contributed by atoms with E-state index in [1.807, 2.05) is 7.05 Å². The van der Waals surface area contributed by atoms with E-state index >= 15 is 0 Å². The van der Waals surface area contributed by atoms with Gasteiger partial charge < -0.3 is 5.32 Å². The molecule has 90 valence electrons. The first-order valence-corrected chi connectivity index (χ1v) is 6.74. The summed E-state index contributed by atoms with van der Waals surface area (Å²) in [6.45, 7) is 0.877. The van der Waals surface area contributed by atoms with E-state index in [0.29, 0.717) is 4.47 Å². The van der Waals surface area contributed by atoms with Crippen molar-refractivity contribution in [3.8, 4) is 10.6 Å². The zero-order chi connectivity index (χ0) is 12.3. The molecule has 6 heteroatoms. The lowest BCUT2D eigenvalue weighted by Crippen LogP contribution is -2.09. The van der Waals surface area contributed by atoms with Gasteiger partial charge >= 0.3 is 0 Å². The molecule has 1 aromatic heterocycles. The van der Waals surface area contributed by atoms with Crippen LogP contribution in [0.2, 0.25) is 0 Å². The van der Waals surface area contributed by atoms with E-state index in [4.69, 9.17) is 0 Å². The average molecular weight is 316 g/mol. The number of nitrogens with one attached hydrogen (secondary N) is 1. The maximum Gasteiger partial charge on any atom is 0.147 e. The zero-order valence-corrected chi connectivity index (χ0v) is 11.6. The maximum atomic E-state index is 13.1. The van der Waals surface area contributed by atoms with Crippen LogP contribution >= 0.6 is 27.3 Å². The monoisotopic (exact) mass is 315 g/mol. The molecule has 0 radical (unpaired) electrons. The Hall–Kier alpha value is -0.850. The molecular formula is C11H11BrFN3S. The maximum absolute atomic E-state index is 13.1. The van der Waals surface area contributed by atoms with Gasteiger partial charge in [-0.15, -0.1) is 10.2 Å². The summed E-state index contributed by atoms with van der Waals surface area (Å²) in [5.74, 6) is -0.270. The predicted molar refractivity (Wildman–Crippen MR) is 70.6 cm³/mol. The Balaban J connectivity index is 2.21. The Labute approximate surface area is 111 Å².